The van der Waals surface area contributed by atoms with Gasteiger partial charge in [0, 0.05) is 33.2 Å². The maximum atomic E-state index is 12.2. The summed E-state index contributed by atoms with van der Waals surface area (Å²) in [6.45, 7) is 6.52. The molecule has 2 aliphatic heterocycles. The van der Waals surface area contributed by atoms with E-state index in [2.05, 4.69) is 19.2 Å². The molecule has 2 aliphatic rings. The summed E-state index contributed by atoms with van der Waals surface area (Å²) in [5, 5.41) is 2.59. The third-order valence-corrected chi connectivity index (χ3v) is 6.64. The summed E-state index contributed by atoms with van der Waals surface area (Å²) in [6, 6.07) is -0.0653. The summed E-state index contributed by atoms with van der Waals surface area (Å²) < 4.78 is 25.8. The van der Waals surface area contributed by atoms with Crippen molar-refractivity contribution in [3.8, 4) is 0 Å². The number of hydrogen-bond donors (Lipinski definition) is 1. The van der Waals surface area contributed by atoms with Gasteiger partial charge in [-0.2, -0.15) is 0 Å². The van der Waals surface area contributed by atoms with Crippen molar-refractivity contribution in [3.63, 3.8) is 0 Å². The Morgan fingerprint density at radius 1 is 1.30 bits per heavy atom. The SMILES string of the molecule is CC(C)CNC(=O)N1CC[C@@H]2CN(C)S(=O)(=O)[C@@H]2CC1. The van der Waals surface area contributed by atoms with Gasteiger partial charge in [0.1, 0.15) is 0 Å². The number of likely N-dealkylation sites (tertiary alicyclic amines) is 1. The summed E-state index contributed by atoms with van der Waals surface area (Å²) >= 11 is 0. The number of nitrogens with zero attached hydrogens (tertiary/aromatic N) is 2. The van der Waals surface area contributed by atoms with Gasteiger partial charge in [0.05, 0.1) is 5.25 Å². The Bertz CT molecular complexity index is 463. The van der Waals surface area contributed by atoms with Crippen LogP contribution in [0.4, 0.5) is 4.79 Å². The van der Waals surface area contributed by atoms with E-state index in [0.29, 0.717) is 38.5 Å². The van der Waals surface area contributed by atoms with Crippen LogP contribution < -0.4 is 5.32 Å². The van der Waals surface area contributed by atoms with Crippen molar-refractivity contribution in [3.05, 3.63) is 0 Å². The highest BCUT2D eigenvalue weighted by molar-refractivity contribution is 7.90. The molecule has 0 aromatic heterocycles. The number of hydrogen-bond acceptors (Lipinski definition) is 3. The molecule has 0 spiro atoms. The van der Waals surface area contributed by atoms with E-state index in [9.17, 15) is 13.2 Å². The lowest BCUT2D eigenvalue weighted by atomic mass is 10.0. The zero-order chi connectivity index (χ0) is 14.9. The number of rotatable bonds is 2. The number of urea groups is 1. The molecular weight excluding hydrogens is 278 g/mol. The lowest BCUT2D eigenvalue weighted by molar-refractivity contribution is 0.197. The van der Waals surface area contributed by atoms with Gasteiger partial charge in [0.25, 0.3) is 0 Å². The van der Waals surface area contributed by atoms with Crippen LogP contribution in [0.3, 0.4) is 0 Å². The van der Waals surface area contributed by atoms with E-state index in [-0.39, 0.29) is 17.2 Å². The molecular formula is C13H25N3O3S. The maximum Gasteiger partial charge on any atom is 0.317 e. The summed E-state index contributed by atoms with van der Waals surface area (Å²) in [5.74, 6) is 0.576. The predicted octanol–water partition coefficient (Wildman–Crippen LogP) is 0.708. The van der Waals surface area contributed by atoms with Crippen molar-refractivity contribution in [2.75, 3.05) is 33.2 Å². The van der Waals surface area contributed by atoms with Gasteiger partial charge in [-0.05, 0) is 24.7 Å². The molecule has 0 bridgehead atoms. The first-order valence-corrected chi connectivity index (χ1v) is 8.80. The zero-order valence-electron chi connectivity index (χ0n) is 12.5. The van der Waals surface area contributed by atoms with Crippen molar-refractivity contribution >= 4 is 16.1 Å². The van der Waals surface area contributed by atoms with Crippen LogP contribution in [0.5, 0.6) is 0 Å². The molecule has 116 valence electrons. The third kappa shape index (κ3) is 3.09. The number of nitrogens with one attached hydrogen (secondary N) is 1. The van der Waals surface area contributed by atoms with Gasteiger partial charge in [-0.15, -0.1) is 0 Å². The molecule has 0 unspecified atom stereocenters. The molecule has 2 heterocycles. The van der Waals surface area contributed by atoms with Crippen LogP contribution in [0.1, 0.15) is 26.7 Å². The van der Waals surface area contributed by atoms with Crippen molar-refractivity contribution < 1.29 is 13.2 Å². The monoisotopic (exact) mass is 303 g/mol. The van der Waals surface area contributed by atoms with Crippen molar-refractivity contribution in [1.29, 1.82) is 0 Å². The molecule has 7 heteroatoms. The highest BCUT2D eigenvalue weighted by Gasteiger charge is 2.45. The van der Waals surface area contributed by atoms with Crippen LogP contribution in [0.25, 0.3) is 0 Å². The van der Waals surface area contributed by atoms with E-state index >= 15 is 0 Å². The standard InChI is InChI=1S/C13H25N3O3S/c1-10(2)8-14-13(17)16-6-4-11-9-15(3)20(18,19)12(11)5-7-16/h10-12H,4-9H2,1-3H3,(H,14,17)/t11-,12-/m1/s1. The van der Waals surface area contributed by atoms with Gasteiger partial charge < -0.3 is 10.2 Å². The normalized spacial score (nSPS) is 30.1. The molecule has 0 aliphatic carbocycles. The largest absolute Gasteiger partial charge is 0.338 e. The Balaban J connectivity index is 1.96. The average molecular weight is 303 g/mol. The van der Waals surface area contributed by atoms with Gasteiger partial charge in [0.15, 0.2) is 0 Å². The molecule has 2 atom stereocenters. The highest BCUT2D eigenvalue weighted by Crippen LogP contribution is 2.33. The molecule has 2 rings (SSSR count). The second-order valence-electron chi connectivity index (χ2n) is 6.27. The van der Waals surface area contributed by atoms with Crippen LogP contribution in [-0.4, -0.2) is 62.1 Å². The van der Waals surface area contributed by atoms with E-state index in [4.69, 9.17) is 0 Å². The van der Waals surface area contributed by atoms with Crippen LogP contribution in [0.15, 0.2) is 0 Å². The Hall–Kier alpha value is -0.820. The smallest absolute Gasteiger partial charge is 0.317 e. The lowest BCUT2D eigenvalue weighted by Gasteiger charge is -2.22. The van der Waals surface area contributed by atoms with Gasteiger partial charge in [-0.3, -0.25) is 0 Å². The molecule has 0 radical (unpaired) electrons. The predicted molar refractivity (Wildman–Crippen MR) is 77.9 cm³/mol. The minimum atomic E-state index is -3.15. The highest BCUT2D eigenvalue weighted by atomic mass is 32.2. The average Bonchev–Trinajstić information content (AvgIpc) is 2.55. The summed E-state index contributed by atoms with van der Waals surface area (Å²) in [6.07, 6.45) is 1.32. The number of amides is 2. The molecule has 0 aromatic rings. The van der Waals surface area contributed by atoms with E-state index in [1.54, 1.807) is 11.9 Å². The van der Waals surface area contributed by atoms with Crippen molar-refractivity contribution in [1.82, 2.24) is 14.5 Å². The lowest BCUT2D eigenvalue weighted by Crippen LogP contribution is -2.42. The van der Waals surface area contributed by atoms with Crippen LogP contribution >= 0.6 is 0 Å². The van der Waals surface area contributed by atoms with Crippen molar-refractivity contribution in [2.24, 2.45) is 11.8 Å². The van der Waals surface area contributed by atoms with Crippen molar-refractivity contribution in [2.45, 2.75) is 31.9 Å². The van der Waals surface area contributed by atoms with Gasteiger partial charge in [0.2, 0.25) is 10.0 Å². The second-order valence-corrected chi connectivity index (χ2v) is 8.53. The van der Waals surface area contributed by atoms with Gasteiger partial charge >= 0.3 is 6.03 Å². The van der Waals surface area contributed by atoms with E-state index in [1.165, 1.54) is 4.31 Å². The number of carbonyl (C=O) groups is 1. The first-order chi connectivity index (χ1) is 9.32. The summed E-state index contributed by atoms with van der Waals surface area (Å²) in [5.41, 5.74) is 0. The van der Waals surface area contributed by atoms with E-state index in [1.807, 2.05) is 0 Å². The first kappa shape index (κ1) is 15.6. The third-order valence-electron chi connectivity index (χ3n) is 4.24. The molecule has 2 saturated heterocycles. The number of sulfonamides is 1. The molecule has 2 amide bonds. The first-order valence-electron chi connectivity index (χ1n) is 7.30. The van der Waals surface area contributed by atoms with Gasteiger partial charge in [-0.25, -0.2) is 17.5 Å². The zero-order valence-corrected chi connectivity index (χ0v) is 13.3. The van der Waals surface area contributed by atoms with Crippen LogP contribution in [0, 0.1) is 11.8 Å². The molecule has 2 fully saturated rings. The fourth-order valence-corrected chi connectivity index (χ4v) is 4.98. The Morgan fingerprint density at radius 3 is 2.60 bits per heavy atom. The molecule has 0 aromatic carbocycles. The Morgan fingerprint density at radius 2 is 1.95 bits per heavy atom. The minimum absolute atomic E-state index is 0.0653. The molecule has 20 heavy (non-hydrogen) atoms. The maximum absolute atomic E-state index is 12.2. The molecule has 6 nitrogen and oxygen atoms in total. The second kappa shape index (κ2) is 5.89. The van der Waals surface area contributed by atoms with E-state index < -0.39 is 10.0 Å². The minimum Gasteiger partial charge on any atom is -0.338 e. The summed E-state index contributed by atoms with van der Waals surface area (Å²) in [4.78, 5) is 13.8. The van der Waals surface area contributed by atoms with Crippen LogP contribution in [0.2, 0.25) is 0 Å². The topological polar surface area (TPSA) is 69.7 Å². The number of carbonyl (C=O) groups excluding carboxylic acids is 1. The fraction of sp³-hybridized carbons (Fsp3) is 0.923. The fourth-order valence-electron chi connectivity index (χ4n) is 3.01. The summed E-state index contributed by atoms with van der Waals surface area (Å²) in [7, 11) is -1.50. The van der Waals surface area contributed by atoms with Crippen LogP contribution in [-0.2, 0) is 10.0 Å². The quantitative estimate of drug-likeness (QED) is 0.817. The van der Waals surface area contributed by atoms with E-state index in [0.717, 1.165) is 6.42 Å². The number of fused-ring (bicyclic) bond motifs is 1. The van der Waals surface area contributed by atoms with Gasteiger partial charge in [-0.1, -0.05) is 13.8 Å². The Kier molecular flexibility index (Phi) is 4.59. The molecule has 1 N–H and O–H groups in total. The molecule has 0 saturated carbocycles. The Labute approximate surface area is 121 Å².